The molecule has 4 nitrogen and oxygen atoms in total. The average molecular weight is 262 g/mol. The van der Waals surface area contributed by atoms with E-state index in [1.807, 2.05) is 0 Å². The maximum atomic E-state index is 11.8. The summed E-state index contributed by atoms with van der Waals surface area (Å²) in [6, 6.07) is 5.86. The van der Waals surface area contributed by atoms with Gasteiger partial charge in [0, 0.05) is 6.54 Å². The summed E-state index contributed by atoms with van der Waals surface area (Å²) < 4.78 is 35.4. The van der Waals surface area contributed by atoms with Crippen LogP contribution in [0.2, 0.25) is 0 Å². The molecule has 0 aliphatic heterocycles. The molecule has 1 aromatic rings. The molecule has 0 radical (unpaired) electrons. The van der Waals surface area contributed by atoms with Crippen LogP contribution in [-0.4, -0.2) is 23.9 Å². The number of hydrogen-bond acceptors (Lipinski definition) is 2. The molecule has 0 fully saturated rings. The Hall–Kier alpha value is -1.76. The maximum Gasteiger partial charge on any atom is 0.405 e. The van der Waals surface area contributed by atoms with Gasteiger partial charge in [0.05, 0.1) is 6.61 Å². The van der Waals surface area contributed by atoms with Gasteiger partial charge in [0.2, 0.25) is 0 Å². The van der Waals surface area contributed by atoms with Crippen molar-refractivity contribution in [1.29, 1.82) is 0 Å². The number of rotatable bonds is 4. The topological polar surface area (TPSA) is 61.4 Å². The van der Waals surface area contributed by atoms with E-state index in [2.05, 4.69) is 5.32 Å². The van der Waals surface area contributed by atoms with Crippen molar-refractivity contribution in [3.63, 3.8) is 0 Å². The van der Waals surface area contributed by atoms with Gasteiger partial charge in [-0.3, -0.25) is 0 Å². The summed E-state index contributed by atoms with van der Waals surface area (Å²) in [5, 5.41) is 12.9. The van der Waals surface area contributed by atoms with Crippen molar-refractivity contribution in [1.82, 2.24) is 10.6 Å². The molecular formula is C11H13F3N2O2. The Balaban J connectivity index is 2.38. The first-order valence-corrected chi connectivity index (χ1v) is 5.18. The van der Waals surface area contributed by atoms with Gasteiger partial charge in [-0.1, -0.05) is 24.3 Å². The van der Waals surface area contributed by atoms with Crippen LogP contribution in [0.5, 0.6) is 0 Å². The average Bonchev–Trinajstić information content (AvgIpc) is 2.33. The lowest BCUT2D eigenvalue weighted by Crippen LogP contribution is -2.40. The molecule has 1 rings (SSSR count). The second-order valence-corrected chi connectivity index (χ2v) is 3.63. The Morgan fingerprint density at radius 3 is 2.50 bits per heavy atom. The number of carbonyl (C=O) groups is 1. The fourth-order valence-electron chi connectivity index (χ4n) is 1.26. The van der Waals surface area contributed by atoms with E-state index in [4.69, 9.17) is 5.11 Å². The van der Waals surface area contributed by atoms with Crippen LogP contribution in [0.1, 0.15) is 11.1 Å². The first-order chi connectivity index (χ1) is 8.40. The number of amides is 2. The van der Waals surface area contributed by atoms with E-state index in [9.17, 15) is 18.0 Å². The van der Waals surface area contributed by atoms with Crippen LogP contribution in [0.25, 0.3) is 0 Å². The lowest BCUT2D eigenvalue weighted by molar-refractivity contribution is -0.122. The Morgan fingerprint density at radius 2 is 1.89 bits per heavy atom. The van der Waals surface area contributed by atoms with Gasteiger partial charge in [0.1, 0.15) is 6.54 Å². The fraction of sp³-hybridized carbons (Fsp3) is 0.364. The Labute approximate surface area is 102 Å². The minimum absolute atomic E-state index is 0.0948. The highest BCUT2D eigenvalue weighted by Gasteiger charge is 2.27. The summed E-state index contributed by atoms with van der Waals surface area (Å²) in [6.07, 6.45) is -4.42. The Morgan fingerprint density at radius 1 is 1.22 bits per heavy atom. The number of halogens is 3. The predicted molar refractivity (Wildman–Crippen MR) is 58.7 cm³/mol. The summed E-state index contributed by atoms with van der Waals surface area (Å²) in [5.41, 5.74) is 1.37. The zero-order chi connectivity index (χ0) is 13.6. The van der Waals surface area contributed by atoms with Crippen LogP contribution in [0.15, 0.2) is 24.3 Å². The lowest BCUT2D eigenvalue weighted by atomic mass is 10.1. The smallest absolute Gasteiger partial charge is 0.392 e. The van der Waals surface area contributed by atoms with E-state index in [-0.39, 0.29) is 13.2 Å². The number of aliphatic hydroxyl groups excluding tert-OH is 1. The monoisotopic (exact) mass is 262 g/mol. The number of urea groups is 1. The van der Waals surface area contributed by atoms with Crippen molar-refractivity contribution in [2.24, 2.45) is 0 Å². The molecule has 18 heavy (non-hydrogen) atoms. The minimum atomic E-state index is -4.42. The van der Waals surface area contributed by atoms with Gasteiger partial charge in [0.25, 0.3) is 0 Å². The Kier molecular flexibility index (Phi) is 4.96. The van der Waals surface area contributed by atoms with Gasteiger partial charge in [-0.25, -0.2) is 4.79 Å². The van der Waals surface area contributed by atoms with E-state index in [1.165, 1.54) is 0 Å². The van der Waals surface area contributed by atoms with Crippen LogP contribution in [-0.2, 0) is 13.2 Å². The van der Waals surface area contributed by atoms with E-state index < -0.39 is 18.8 Å². The SMILES string of the molecule is O=C(NCc1cccc(CO)c1)NCC(F)(F)F. The van der Waals surface area contributed by atoms with Gasteiger partial charge in [-0.15, -0.1) is 0 Å². The van der Waals surface area contributed by atoms with Crippen LogP contribution in [0, 0.1) is 0 Å². The summed E-state index contributed by atoms with van der Waals surface area (Å²) >= 11 is 0. The molecule has 0 aromatic heterocycles. The second-order valence-electron chi connectivity index (χ2n) is 3.63. The van der Waals surface area contributed by atoms with Crippen LogP contribution < -0.4 is 10.6 Å². The summed E-state index contributed by atoms with van der Waals surface area (Å²) in [5.74, 6) is 0. The van der Waals surface area contributed by atoms with Crippen molar-refractivity contribution < 1.29 is 23.1 Å². The third-order valence-electron chi connectivity index (χ3n) is 2.08. The molecule has 1 aromatic carbocycles. The number of carbonyl (C=O) groups excluding carboxylic acids is 1. The molecule has 2 amide bonds. The molecule has 0 bridgehead atoms. The molecular weight excluding hydrogens is 249 g/mol. The van der Waals surface area contributed by atoms with E-state index >= 15 is 0 Å². The highest BCUT2D eigenvalue weighted by molar-refractivity contribution is 5.73. The zero-order valence-electron chi connectivity index (χ0n) is 9.42. The first-order valence-electron chi connectivity index (χ1n) is 5.18. The fourth-order valence-corrected chi connectivity index (χ4v) is 1.26. The van der Waals surface area contributed by atoms with Crippen molar-refractivity contribution in [2.45, 2.75) is 19.3 Å². The number of hydrogen-bond donors (Lipinski definition) is 3. The third-order valence-corrected chi connectivity index (χ3v) is 2.08. The molecule has 0 heterocycles. The Bertz CT molecular complexity index is 408. The zero-order valence-corrected chi connectivity index (χ0v) is 9.42. The molecule has 7 heteroatoms. The van der Waals surface area contributed by atoms with E-state index in [0.29, 0.717) is 11.1 Å². The van der Waals surface area contributed by atoms with Crippen molar-refractivity contribution in [2.75, 3.05) is 6.54 Å². The predicted octanol–water partition coefficient (Wildman–Crippen LogP) is 1.54. The van der Waals surface area contributed by atoms with Crippen molar-refractivity contribution in [3.8, 4) is 0 Å². The summed E-state index contributed by atoms with van der Waals surface area (Å²) in [4.78, 5) is 11.0. The molecule has 0 aliphatic carbocycles. The molecule has 100 valence electrons. The lowest BCUT2D eigenvalue weighted by Gasteiger charge is -2.10. The normalized spacial score (nSPS) is 11.1. The van der Waals surface area contributed by atoms with Gasteiger partial charge < -0.3 is 15.7 Å². The molecule has 0 unspecified atom stereocenters. The number of alkyl halides is 3. The maximum absolute atomic E-state index is 11.8. The van der Waals surface area contributed by atoms with Crippen molar-refractivity contribution in [3.05, 3.63) is 35.4 Å². The first kappa shape index (κ1) is 14.3. The summed E-state index contributed by atoms with van der Waals surface area (Å²) in [6.45, 7) is -1.40. The van der Waals surface area contributed by atoms with Gasteiger partial charge in [-0.05, 0) is 11.1 Å². The molecule has 0 aliphatic rings. The number of nitrogens with one attached hydrogen (secondary N) is 2. The molecule has 0 saturated heterocycles. The molecule has 3 N–H and O–H groups in total. The minimum Gasteiger partial charge on any atom is -0.392 e. The summed E-state index contributed by atoms with van der Waals surface area (Å²) in [7, 11) is 0. The third kappa shape index (κ3) is 5.53. The van der Waals surface area contributed by atoms with Gasteiger partial charge in [-0.2, -0.15) is 13.2 Å². The molecule has 0 atom stereocenters. The van der Waals surface area contributed by atoms with E-state index in [1.54, 1.807) is 29.6 Å². The van der Waals surface area contributed by atoms with Gasteiger partial charge in [0.15, 0.2) is 0 Å². The van der Waals surface area contributed by atoms with Gasteiger partial charge >= 0.3 is 12.2 Å². The second kappa shape index (κ2) is 6.25. The van der Waals surface area contributed by atoms with Crippen LogP contribution >= 0.6 is 0 Å². The van der Waals surface area contributed by atoms with Crippen molar-refractivity contribution >= 4 is 6.03 Å². The molecule has 0 spiro atoms. The van der Waals surface area contributed by atoms with E-state index in [0.717, 1.165) is 0 Å². The molecule has 0 saturated carbocycles. The highest BCUT2D eigenvalue weighted by atomic mass is 19.4. The quantitative estimate of drug-likeness (QED) is 0.770. The highest BCUT2D eigenvalue weighted by Crippen LogP contribution is 2.12. The standard InChI is InChI=1S/C11H13F3N2O2/c12-11(13,14)7-16-10(18)15-5-8-2-1-3-9(4-8)6-17/h1-4,17H,5-7H2,(H2,15,16,18). The largest absolute Gasteiger partial charge is 0.405 e. The number of aliphatic hydroxyl groups is 1. The van der Waals surface area contributed by atoms with Crippen LogP contribution in [0.3, 0.4) is 0 Å². The number of benzene rings is 1. The van der Waals surface area contributed by atoms with Crippen LogP contribution in [0.4, 0.5) is 18.0 Å².